The average molecular weight is 219 g/mol. The van der Waals surface area contributed by atoms with Gasteiger partial charge >= 0.3 is 6.03 Å². The van der Waals surface area contributed by atoms with Gasteiger partial charge in [0.2, 0.25) is 0 Å². The molecular weight excluding hydrogens is 202 g/mol. The minimum atomic E-state index is -0.571. The van der Waals surface area contributed by atoms with Gasteiger partial charge in [0.05, 0.1) is 6.21 Å². The number of aryl methyl sites for hydroxylation is 3. The van der Waals surface area contributed by atoms with Crippen molar-refractivity contribution >= 4 is 12.2 Å². The molecule has 0 aliphatic rings. The van der Waals surface area contributed by atoms with E-state index in [-0.39, 0.29) is 0 Å². The second kappa shape index (κ2) is 4.79. The molecule has 0 unspecified atom stereocenters. The van der Waals surface area contributed by atoms with E-state index in [4.69, 9.17) is 5.73 Å². The van der Waals surface area contributed by atoms with E-state index in [2.05, 4.69) is 24.2 Å². The van der Waals surface area contributed by atoms with Gasteiger partial charge in [-0.05, 0) is 31.9 Å². The van der Waals surface area contributed by atoms with Gasteiger partial charge in [-0.25, -0.2) is 9.80 Å². The molecule has 0 bridgehead atoms. The van der Waals surface area contributed by atoms with Gasteiger partial charge in [-0.15, -0.1) is 0 Å². The summed E-state index contributed by atoms with van der Waals surface area (Å²) in [4.78, 5) is 10.8. The van der Waals surface area contributed by atoms with E-state index < -0.39 is 6.03 Å². The van der Waals surface area contributed by atoms with E-state index >= 15 is 0 Å². The number of urea groups is 1. The van der Waals surface area contributed by atoms with Crippen LogP contribution in [0.15, 0.2) is 17.2 Å². The van der Waals surface area contributed by atoms with Crippen LogP contribution in [0.4, 0.5) is 4.79 Å². The minimum Gasteiger partial charge on any atom is -0.350 e. The van der Waals surface area contributed by atoms with Gasteiger partial charge in [0.25, 0.3) is 0 Å². The Morgan fingerprint density at radius 1 is 1.31 bits per heavy atom. The lowest BCUT2D eigenvalue weighted by molar-refractivity contribution is 0.220. The molecule has 0 saturated carbocycles. The Kier molecular flexibility index (Phi) is 3.66. The van der Waals surface area contributed by atoms with Crippen LogP contribution in [0.25, 0.3) is 0 Å². The Bertz CT molecular complexity index is 415. The maximum atomic E-state index is 10.8. The Hall–Kier alpha value is -1.84. The lowest BCUT2D eigenvalue weighted by Gasteiger charge is -2.09. The Balaban J connectivity index is 3.02. The number of benzene rings is 1. The fraction of sp³-hybridized carbons (Fsp3) is 0.333. The molecule has 2 N–H and O–H groups in total. The number of hydrogen-bond donors (Lipinski definition) is 1. The zero-order chi connectivity index (χ0) is 12.3. The first-order valence-electron chi connectivity index (χ1n) is 5.07. The molecule has 0 aliphatic carbocycles. The highest BCUT2D eigenvalue weighted by Crippen LogP contribution is 2.14. The second-order valence-electron chi connectivity index (χ2n) is 3.92. The van der Waals surface area contributed by atoms with Crippen LogP contribution in [0.3, 0.4) is 0 Å². The fourth-order valence-electron chi connectivity index (χ4n) is 1.60. The van der Waals surface area contributed by atoms with Crippen LogP contribution < -0.4 is 5.73 Å². The minimum absolute atomic E-state index is 0.571. The maximum Gasteiger partial charge on any atom is 0.334 e. The normalized spacial score (nSPS) is 10.8. The molecule has 0 aromatic heterocycles. The summed E-state index contributed by atoms with van der Waals surface area (Å²) in [5.41, 5.74) is 9.59. The van der Waals surface area contributed by atoms with Crippen molar-refractivity contribution in [3.05, 3.63) is 34.4 Å². The van der Waals surface area contributed by atoms with E-state index in [1.54, 1.807) is 6.21 Å². The molecule has 0 radical (unpaired) electrons. The van der Waals surface area contributed by atoms with Crippen LogP contribution in [0.2, 0.25) is 0 Å². The molecule has 0 atom stereocenters. The molecule has 0 aliphatic heterocycles. The number of amides is 2. The van der Waals surface area contributed by atoms with Crippen molar-refractivity contribution in [3.8, 4) is 0 Å². The van der Waals surface area contributed by atoms with Gasteiger partial charge in [-0.2, -0.15) is 5.10 Å². The fourth-order valence-corrected chi connectivity index (χ4v) is 1.60. The first-order valence-corrected chi connectivity index (χ1v) is 5.07. The first kappa shape index (κ1) is 12.2. The smallest absolute Gasteiger partial charge is 0.334 e. The molecule has 2 amide bonds. The summed E-state index contributed by atoms with van der Waals surface area (Å²) < 4.78 is 0. The van der Waals surface area contributed by atoms with Crippen LogP contribution in [0.5, 0.6) is 0 Å². The zero-order valence-electron chi connectivity index (χ0n) is 10.1. The maximum absolute atomic E-state index is 10.8. The summed E-state index contributed by atoms with van der Waals surface area (Å²) in [6.45, 7) is 6.09. The van der Waals surface area contributed by atoms with Crippen molar-refractivity contribution in [1.29, 1.82) is 0 Å². The van der Waals surface area contributed by atoms with Crippen molar-refractivity contribution in [2.24, 2.45) is 10.8 Å². The Morgan fingerprint density at radius 3 is 2.25 bits per heavy atom. The summed E-state index contributed by atoms with van der Waals surface area (Å²) in [6, 6.07) is 3.59. The van der Waals surface area contributed by atoms with Gasteiger partial charge in [0.1, 0.15) is 0 Å². The molecule has 1 aromatic carbocycles. The van der Waals surface area contributed by atoms with E-state index in [1.807, 2.05) is 13.8 Å². The van der Waals surface area contributed by atoms with E-state index in [0.29, 0.717) is 0 Å². The number of hydrogen-bond acceptors (Lipinski definition) is 2. The van der Waals surface area contributed by atoms with Gasteiger partial charge in [-0.1, -0.05) is 17.7 Å². The van der Waals surface area contributed by atoms with Crippen LogP contribution in [0.1, 0.15) is 22.3 Å². The van der Waals surface area contributed by atoms with E-state index in [1.165, 1.54) is 12.6 Å². The number of hydrazone groups is 1. The predicted octanol–water partition coefficient (Wildman–Crippen LogP) is 1.96. The summed E-state index contributed by atoms with van der Waals surface area (Å²) >= 11 is 0. The molecule has 0 spiro atoms. The lowest BCUT2D eigenvalue weighted by atomic mass is 10.0. The van der Waals surface area contributed by atoms with E-state index in [0.717, 1.165) is 21.7 Å². The quantitative estimate of drug-likeness (QED) is 0.600. The van der Waals surface area contributed by atoms with Crippen LogP contribution in [-0.4, -0.2) is 24.3 Å². The Morgan fingerprint density at radius 2 is 1.81 bits per heavy atom. The van der Waals surface area contributed by atoms with Gasteiger partial charge in [-0.3, -0.25) is 0 Å². The molecule has 1 aromatic rings. The van der Waals surface area contributed by atoms with Crippen molar-refractivity contribution in [2.75, 3.05) is 7.05 Å². The third-order valence-corrected chi connectivity index (χ3v) is 2.42. The van der Waals surface area contributed by atoms with Crippen LogP contribution in [0, 0.1) is 20.8 Å². The zero-order valence-corrected chi connectivity index (χ0v) is 10.1. The molecule has 4 heteroatoms. The molecule has 0 saturated heterocycles. The molecular formula is C12H17N3O. The molecule has 0 heterocycles. The topological polar surface area (TPSA) is 58.7 Å². The molecule has 0 fully saturated rings. The predicted molar refractivity (Wildman–Crippen MR) is 65.6 cm³/mol. The monoisotopic (exact) mass is 219 g/mol. The molecule has 4 nitrogen and oxygen atoms in total. The number of nitrogens with zero attached hydrogens (tertiary/aromatic N) is 2. The third kappa shape index (κ3) is 2.82. The van der Waals surface area contributed by atoms with Gasteiger partial charge in [0, 0.05) is 12.6 Å². The lowest BCUT2D eigenvalue weighted by Crippen LogP contribution is -2.27. The van der Waals surface area contributed by atoms with Crippen molar-refractivity contribution in [3.63, 3.8) is 0 Å². The van der Waals surface area contributed by atoms with Crippen LogP contribution >= 0.6 is 0 Å². The highest BCUT2D eigenvalue weighted by molar-refractivity contribution is 5.85. The Labute approximate surface area is 95.7 Å². The van der Waals surface area contributed by atoms with E-state index in [9.17, 15) is 4.79 Å². The van der Waals surface area contributed by atoms with Crippen LogP contribution in [-0.2, 0) is 0 Å². The average Bonchev–Trinajstić information content (AvgIpc) is 2.15. The van der Waals surface area contributed by atoms with Crippen molar-refractivity contribution in [1.82, 2.24) is 5.01 Å². The van der Waals surface area contributed by atoms with Crippen molar-refractivity contribution in [2.45, 2.75) is 20.8 Å². The number of carbonyl (C=O) groups is 1. The second-order valence-corrected chi connectivity index (χ2v) is 3.92. The SMILES string of the molecule is Cc1cc(C)c(C=NN(C)C(N)=O)c(C)c1. The molecule has 86 valence electrons. The third-order valence-electron chi connectivity index (χ3n) is 2.42. The largest absolute Gasteiger partial charge is 0.350 e. The number of rotatable bonds is 2. The summed E-state index contributed by atoms with van der Waals surface area (Å²) in [5, 5.41) is 5.09. The highest BCUT2D eigenvalue weighted by Gasteiger charge is 2.03. The molecule has 1 rings (SSSR count). The summed E-state index contributed by atoms with van der Waals surface area (Å²) in [5.74, 6) is 0. The standard InChI is InChI=1S/C12H17N3O/c1-8-5-9(2)11(10(3)6-8)7-14-15(4)12(13)16/h5-7H,1-4H3,(H2,13,16). The van der Waals surface area contributed by atoms with Crippen molar-refractivity contribution < 1.29 is 4.79 Å². The first-order chi connectivity index (χ1) is 7.41. The number of primary amides is 1. The summed E-state index contributed by atoms with van der Waals surface area (Å²) in [6.07, 6.45) is 1.66. The van der Waals surface area contributed by atoms with Gasteiger partial charge < -0.3 is 5.73 Å². The number of carbonyl (C=O) groups excluding carboxylic acids is 1. The summed E-state index contributed by atoms with van der Waals surface area (Å²) in [7, 11) is 1.53. The van der Waals surface area contributed by atoms with Gasteiger partial charge in [0.15, 0.2) is 0 Å². The number of nitrogens with two attached hydrogens (primary N) is 1. The molecule has 16 heavy (non-hydrogen) atoms. The highest BCUT2D eigenvalue weighted by atomic mass is 16.2.